The van der Waals surface area contributed by atoms with E-state index in [1.165, 1.54) is 82.6 Å². The highest BCUT2D eigenvalue weighted by atomic mass is 79.9. The monoisotopic (exact) mass is 303 g/mol. The van der Waals surface area contributed by atoms with Crippen LogP contribution >= 0.6 is 15.9 Å². The minimum Gasteiger partial charge on any atom is -0.300 e. The molecule has 2 heteroatoms. The Balaban J connectivity index is 1.97. The van der Waals surface area contributed by atoms with E-state index in [2.05, 4.69) is 27.8 Å². The predicted molar refractivity (Wildman–Crippen MR) is 81.0 cm³/mol. The summed E-state index contributed by atoms with van der Waals surface area (Å²) in [4.78, 5) is 2.71. The quantitative estimate of drug-likeness (QED) is 0.428. The zero-order chi connectivity index (χ0) is 12.3. The van der Waals surface area contributed by atoms with E-state index >= 15 is 0 Å². The Morgan fingerprint density at radius 3 is 2.41 bits per heavy atom. The van der Waals surface area contributed by atoms with Crippen LogP contribution in [0.3, 0.4) is 0 Å². The van der Waals surface area contributed by atoms with Crippen molar-refractivity contribution >= 4 is 15.9 Å². The molecular formula is C15H30BrN. The van der Waals surface area contributed by atoms with E-state index in [-0.39, 0.29) is 0 Å². The van der Waals surface area contributed by atoms with E-state index in [0.29, 0.717) is 0 Å². The Morgan fingerprint density at radius 1 is 1.00 bits per heavy atom. The minimum absolute atomic E-state index is 0.823. The number of halogens is 1. The summed E-state index contributed by atoms with van der Waals surface area (Å²) in [6, 6.07) is 0.823. The molecule has 0 saturated carbocycles. The molecule has 1 rings (SSSR count). The third kappa shape index (κ3) is 6.81. The van der Waals surface area contributed by atoms with Crippen molar-refractivity contribution in [2.75, 3.05) is 18.4 Å². The van der Waals surface area contributed by atoms with Crippen molar-refractivity contribution in [1.29, 1.82) is 0 Å². The number of likely N-dealkylation sites (tertiary alicyclic amines) is 1. The Morgan fingerprint density at radius 2 is 1.71 bits per heavy atom. The Kier molecular flexibility index (Phi) is 9.45. The number of nitrogens with zero attached hydrogens (tertiary/aromatic N) is 1. The molecule has 0 N–H and O–H groups in total. The second-order valence-corrected chi connectivity index (χ2v) is 6.11. The van der Waals surface area contributed by atoms with Gasteiger partial charge in [0.25, 0.3) is 0 Å². The van der Waals surface area contributed by atoms with Crippen molar-refractivity contribution < 1.29 is 0 Å². The lowest BCUT2D eigenvalue weighted by atomic mass is 10.0. The van der Waals surface area contributed by atoms with Gasteiger partial charge in [-0.15, -0.1) is 0 Å². The Bertz CT molecular complexity index is 172. The van der Waals surface area contributed by atoms with Crippen LogP contribution in [0, 0.1) is 0 Å². The second kappa shape index (κ2) is 10.4. The standard InChI is InChI=1S/C15H30BrN/c1-2-3-4-5-6-7-9-12-17-13-10-8-11-15(17)14-16/h15H,2-14H2,1H3. The number of hydrogen-bond donors (Lipinski definition) is 0. The van der Waals surface area contributed by atoms with Gasteiger partial charge in [-0.05, 0) is 32.4 Å². The highest BCUT2D eigenvalue weighted by molar-refractivity contribution is 9.09. The zero-order valence-corrected chi connectivity index (χ0v) is 13.2. The molecule has 1 fully saturated rings. The maximum Gasteiger partial charge on any atom is 0.0192 e. The van der Waals surface area contributed by atoms with Crippen LogP contribution in [-0.4, -0.2) is 29.4 Å². The number of hydrogen-bond acceptors (Lipinski definition) is 1. The Labute approximate surface area is 116 Å². The van der Waals surface area contributed by atoms with E-state index in [0.717, 1.165) is 6.04 Å². The molecule has 1 atom stereocenters. The average Bonchev–Trinajstić information content (AvgIpc) is 2.38. The van der Waals surface area contributed by atoms with Crippen molar-refractivity contribution in [3.63, 3.8) is 0 Å². The minimum atomic E-state index is 0.823. The van der Waals surface area contributed by atoms with Crippen LogP contribution in [0.25, 0.3) is 0 Å². The molecule has 1 nitrogen and oxygen atoms in total. The van der Waals surface area contributed by atoms with Gasteiger partial charge in [-0.3, -0.25) is 4.90 Å². The first-order valence-electron chi connectivity index (χ1n) is 7.68. The predicted octanol–water partition coefficient (Wildman–Crippen LogP) is 4.99. The summed E-state index contributed by atoms with van der Waals surface area (Å²) >= 11 is 3.66. The maximum absolute atomic E-state index is 3.66. The van der Waals surface area contributed by atoms with E-state index in [1.54, 1.807) is 0 Å². The summed E-state index contributed by atoms with van der Waals surface area (Å²) in [6.45, 7) is 4.97. The first kappa shape index (κ1) is 15.5. The average molecular weight is 304 g/mol. The van der Waals surface area contributed by atoms with Gasteiger partial charge in [0.15, 0.2) is 0 Å². The van der Waals surface area contributed by atoms with E-state index in [1.807, 2.05) is 0 Å². The van der Waals surface area contributed by atoms with Gasteiger partial charge in [0.05, 0.1) is 0 Å². The molecule has 1 aliphatic heterocycles. The fourth-order valence-corrected chi connectivity index (χ4v) is 3.53. The largest absolute Gasteiger partial charge is 0.300 e. The number of piperidine rings is 1. The van der Waals surface area contributed by atoms with Gasteiger partial charge in [-0.2, -0.15) is 0 Å². The number of alkyl halides is 1. The molecule has 0 bridgehead atoms. The van der Waals surface area contributed by atoms with Crippen LogP contribution in [0.2, 0.25) is 0 Å². The van der Waals surface area contributed by atoms with Crippen LogP contribution in [0.4, 0.5) is 0 Å². The molecule has 1 aliphatic rings. The fraction of sp³-hybridized carbons (Fsp3) is 1.00. The van der Waals surface area contributed by atoms with E-state index < -0.39 is 0 Å². The summed E-state index contributed by atoms with van der Waals surface area (Å²) in [5.74, 6) is 0. The topological polar surface area (TPSA) is 3.24 Å². The molecule has 0 spiro atoms. The smallest absolute Gasteiger partial charge is 0.0192 e. The van der Waals surface area contributed by atoms with Crippen LogP contribution in [0.5, 0.6) is 0 Å². The molecular weight excluding hydrogens is 274 g/mol. The van der Waals surface area contributed by atoms with Crippen molar-refractivity contribution in [2.24, 2.45) is 0 Å². The van der Waals surface area contributed by atoms with Crippen LogP contribution < -0.4 is 0 Å². The summed E-state index contributed by atoms with van der Waals surface area (Å²) in [5, 5.41) is 1.17. The highest BCUT2D eigenvalue weighted by Gasteiger charge is 2.20. The van der Waals surface area contributed by atoms with Gasteiger partial charge in [0.2, 0.25) is 0 Å². The normalized spacial score (nSPS) is 21.9. The SMILES string of the molecule is CCCCCCCCCN1CCCCC1CBr. The first-order chi connectivity index (χ1) is 8.38. The number of rotatable bonds is 9. The lowest BCUT2D eigenvalue weighted by Crippen LogP contribution is -2.41. The third-order valence-electron chi connectivity index (χ3n) is 3.98. The zero-order valence-electron chi connectivity index (χ0n) is 11.6. The summed E-state index contributed by atoms with van der Waals surface area (Å²) in [7, 11) is 0. The van der Waals surface area contributed by atoms with Crippen molar-refractivity contribution in [3.8, 4) is 0 Å². The van der Waals surface area contributed by atoms with Crippen LogP contribution in [0.1, 0.15) is 71.1 Å². The van der Waals surface area contributed by atoms with Crippen molar-refractivity contribution in [1.82, 2.24) is 4.90 Å². The molecule has 0 aromatic rings. The molecule has 1 heterocycles. The van der Waals surface area contributed by atoms with Crippen LogP contribution in [0.15, 0.2) is 0 Å². The first-order valence-corrected chi connectivity index (χ1v) is 8.80. The molecule has 17 heavy (non-hydrogen) atoms. The molecule has 0 aromatic heterocycles. The molecule has 0 radical (unpaired) electrons. The lowest BCUT2D eigenvalue weighted by Gasteiger charge is -2.34. The van der Waals surface area contributed by atoms with Crippen molar-refractivity contribution in [3.05, 3.63) is 0 Å². The van der Waals surface area contributed by atoms with Gasteiger partial charge in [0.1, 0.15) is 0 Å². The maximum atomic E-state index is 3.66. The molecule has 102 valence electrons. The van der Waals surface area contributed by atoms with Gasteiger partial charge in [-0.1, -0.05) is 67.8 Å². The van der Waals surface area contributed by atoms with Gasteiger partial charge >= 0.3 is 0 Å². The fourth-order valence-electron chi connectivity index (χ4n) is 2.80. The molecule has 1 unspecified atom stereocenters. The number of unbranched alkanes of at least 4 members (excludes halogenated alkanes) is 6. The van der Waals surface area contributed by atoms with Crippen LogP contribution in [-0.2, 0) is 0 Å². The van der Waals surface area contributed by atoms with Gasteiger partial charge in [-0.25, -0.2) is 0 Å². The van der Waals surface area contributed by atoms with E-state index in [9.17, 15) is 0 Å². The molecule has 0 amide bonds. The molecule has 0 aliphatic carbocycles. The summed E-state index contributed by atoms with van der Waals surface area (Å²) < 4.78 is 0. The van der Waals surface area contributed by atoms with Crippen molar-refractivity contribution in [2.45, 2.75) is 77.2 Å². The molecule has 0 aromatic carbocycles. The summed E-state index contributed by atoms with van der Waals surface area (Å²) in [5.41, 5.74) is 0. The lowest BCUT2D eigenvalue weighted by molar-refractivity contribution is 0.161. The second-order valence-electron chi connectivity index (χ2n) is 5.46. The van der Waals surface area contributed by atoms with Gasteiger partial charge < -0.3 is 0 Å². The molecule has 1 saturated heterocycles. The highest BCUT2D eigenvalue weighted by Crippen LogP contribution is 2.19. The Hall–Kier alpha value is 0.440. The summed E-state index contributed by atoms with van der Waals surface area (Å²) in [6.07, 6.45) is 14.3. The van der Waals surface area contributed by atoms with E-state index in [4.69, 9.17) is 0 Å². The van der Waals surface area contributed by atoms with Gasteiger partial charge in [0, 0.05) is 11.4 Å². The third-order valence-corrected chi connectivity index (χ3v) is 4.72.